The van der Waals surface area contributed by atoms with Crippen LogP contribution in [0.2, 0.25) is 5.02 Å². The molecule has 23 heavy (non-hydrogen) atoms. The second kappa shape index (κ2) is 7.57. The second-order valence-corrected chi connectivity index (χ2v) is 7.37. The molecule has 1 aliphatic rings. The molecule has 2 atom stereocenters. The minimum atomic E-state index is -4.80. The van der Waals surface area contributed by atoms with E-state index in [0.29, 0.717) is 12.6 Å². The highest BCUT2D eigenvalue weighted by molar-refractivity contribution is 7.89. The summed E-state index contributed by atoms with van der Waals surface area (Å²) in [5.74, 6) is 0.0212. The molecule has 1 saturated heterocycles. The van der Waals surface area contributed by atoms with Crippen molar-refractivity contribution in [1.82, 2.24) is 10.0 Å². The molecule has 0 aromatic heterocycles. The summed E-state index contributed by atoms with van der Waals surface area (Å²) in [6, 6.07) is 2.45. The standard InChI is InChI=1S/C13H16ClF3N2O2S.ClH/c1-8-5-6-18-7-11(8)19-22(20,21)12-9(13(15,16)17)3-2-4-10(12)14;/h2-4,8,11,18-19H,5-7H2,1H3;1H. The molecule has 1 aromatic rings. The van der Waals surface area contributed by atoms with Gasteiger partial charge in [-0.3, -0.25) is 0 Å². The topological polar surface area (TPSA) is 58.2 Å². The van der Waals surface area contributed by atoms with E-state index in [9.17, 15) is 21.6 Å². The minimum absolute atomic E-state index is 0. The van der Waals surface area contributed by atoms with Gasteiger partial charge in [0.2, 0.25) is 10.0 Å². The van der Waals surface area contributed by atoms with Gasteiger partial charge < -0.3 is 5.32 Å². The SMILES string of the molecule is CC1CCNCC1NS(=O)(=O)c1c(Cl)cccc1C(F)(F)F.Cl. The molecule has 132 valence electrons. The highest BCUT2D eigenvalue weighted by Gasteiger charge is 2.39. The average molecular weight is 393 g/mol. The van der Waals surface area contributed by atoms with Gasteiger partial charge in [-0.05, 0) is 31.0 Å². The number of hydrogen-bond donors (Lipinski definition) is 2. The Bertz CT molecular complexity index is 653. The van der Waals surface area contributed by atoms with Gasteiger partial charge in [-0.15, -0.1) is 12.4 Å². The Labute approximate surface area is 144 Å². The lowest BCUT2D eigenvalue weighted by Gasteiger charge is -2.30. The van der Waals surface area contributed by atoms with Gasteiger partial charge in [-0.25, -0.2) is 13.1 Å². The smallest absolute Gasteiger partial charge is 0.315 e. The quantitative estimate of drug-likeness (QED) is 0.830. The number of alkyl halides is 3. The molecule has 0 radical (unpaired) electrons. The van der Waals surface area contributed by atoms with Crippen LogP contribution in [0.15, 0.2) is 23.1 Å². The molecule has 0 saturated carbocycles. The van der Waals surface area contributed by atoms with Crippen LogP contribution in [-0.2, 0) is 16.2 Å². The Kier molecular flexibility index (Phi) is 6.74. The van der Waals surface area contributed by atoms with Crippen LogP contribution in [0, 0.1) is 5.92 Å². The van der Waals surface area contributed by atoms with Gasteiger partial charge in [0.25, 0.3) is 0 Å². The Balaban J connectivity index is 0.00000264. The van der Waals surface area contributed by atoms with Gasteiger partial charge >= 0.3 is 6.18 Å². The fraction of sp³-hybridized carbons (Fsp3) is 0.538. The second-order valence-electron chi connectivity index (χ2n) is 5.31. The van der Waals surface area contributed by atoms with Crippen LogP contribution >= 0.6 is 24.0 Å². The summed E-state index contributed by atoms with van der Waals surface area (Å²) in [7, 11) is -4.38. The fourth-order valence-corrected chi connectivity index (χ4v) is 4.52. The van der Waals surface area contributed by atoms with E-state index in [1.165, 1.54) is 0 Å². The van der Waals surface area contributed by atoms with E-state index < -0.39 is 37.7 Å². The summed E-state index contributed by atoms with van der Waals surface area (Å²) < 4.78 is 66.3. The first kappa shape index (κ1) is 20.5. The summed E-state index contributed by atoms with van der Waals surface area (Å²) in [5.41, 5.74) is -1.26. The van der Waals surface area contributed by atoms with Gasteiger partial charge in [0, 0.05) is 12.6 Å². The van der Waals surface area contributed by atoms with E-state index in [2.05, 4.69) is 10.0 Å². The van der Waals surface area contributed by atoms with Crippen molar-refractivity contribution < 1.29 is 21.6 Å². The summed E-state index contributed by atoms with van der Waals surface area (Å²) in [6.45, 7) is 2.97. The molecule has 0 bridgehead atoms. The van der Waals surface area contributed by atoms with Gasteiger partial charge in [0.15, 0.2) is 0 Å². The third-order valence-corrected chi connectivity index (χ3v) is 5.69. The number of sulfonamides is 1. The molecule has 1 heterocycles. The van der Waals surface area contributed by atoms with Crippen molar-refractivity contribution in [3.63, 3.8) is 0 Å². The number of hydrogen-bond acceptors (Lipinski definition) is 3. The summed E-state index contributed by atoms with van der Waals surface area (Å²) in [5, 5.41) is 2.57. The van der Waals surface area contributed by atoms with Crippen LogP contribution in [0.25, 0.3) is 0 Å². The molecule has 2 unspecified atom stereocenters. The monoisotopic (exact) mass is 392 g/mol. The number of nitrogens with one attached hydrogen (secondary N) is 2. The molecule has 0 spiro atoms. The highest BCUT2D eigenvalue weighted by atomic mass is 35.5. The van der Waals surface area contributed by atoms with Crippen molar-refractivity contribution in [3.05, 3.63) is 28.8 Å². The molecule has 4 nitrogen and oxygen atoms in total. The lowest BCUT2D eigenvalue weighted by Crippen LogP contribution is -2.50. The van der Waals surface area contributed by atoms with E-state index >= 15 is 0 Å². The highest BCUT2D eigenvalue weighted by Crippen LogP contribution is 2.37. The zero-order chi connectivity index (χ0) is 16.5. The van der Waals surface area contributed by atoms with Gasteiger partial charge in [-0.2, -0.15) is 13.2 Å². The molecular formula is C13H17Cl2F3N2O2S. The maximum Gasteiger partial charge on any atom is 0.417 e. The molecular weight excluding hydrogens is 376 g/mol. The number of benzene rings is 1. The predicted molar refractivity (Wildman–Crippen MR) is 84.5 cm³/mol. The average Bonchev–Trinajstić information content (AvgIpc) is 2.39. The van der Waals surface area contributed by atoms with E-state index in [1.54, 1.807) is 0 Å². The lowest BCUT2D eigenvalue weighted by atomic mass is 9.96. The van der Waals surface area contributed by atoms with Gasteiger partial charge in [-0.1, -0.05) is 24.6 Å². The summed E-state index contributed by atoms with van der Waals surface area (Å²) in [4.78, 5) is -0.915. The molecule has 1 aromatic carbocycles. The van der Waals surface area contributed by atoms with E-state index in [0.717, 1.165) is 25.1 Å². The molecule has 1 fully saturated rings. The van der Waals surface area contributed by atoms with Gasteiger partial charge in [0.05, 0.1) is 10.6 Å². The Morgan fingerprint density at radius 3 is 2.57 bits per heavy atom. The van der Waals surface area contributed by atoms with Crippen LogP contribution in [0.1, 0.15) is 18.9 Å². The van der Waals surface area contributed by atoms with E-state index in [1.807, 2.05) is 6.92 Å². The van der Waals surface area contributed by atoms with Crippen molar-refractivity contribution in [2.24, 2.45) is 5.92 Å². The number of rotatable bonds is 3. The first-order valence-corrected chi connectivity index (χ1v) is 8.58. The maximum absolute atomic E-state index is 13.1. The maximum atomic E-state index is 13.1. The third kappa shape index (κ3) is 4.73. The Morgan fingerprint density at radius 2 is 2.00 bits per heavy atom. The molecule has 2 N–H and O–H groups in total. The number of halogens is 5. The fourth-order valence-electron chi connectivity index (χ4n) is 2.41. The number of piperidine rings is 1. The molecule has 1 aliphatic heterocycles. The summed E-state index contributed by atoms with van der Waals surface area (Å²) >= 11 is 5.74. The van der Waals surface area contributed by atoms with Crippen LogP contribution in [0.3, 0.4) is 0 Å². The van der Waals surface area contributed by atoms with Crippen molar-refractivity contribution in [2.75, 3.05) is 13.1 Å². The Morgan fingerprint density at radius 1 is 1.35 bits per heavy atom. The van der Waals surface area contributed by atoms with Crippen LogP contribution in [0.4, 0.5) is 13.2 Å². The molecule has 0 aliphatic carbocycles. The first-order valence-electron chi connectivity index (χ1n) is 6.71. The molecule has 0 amide bonds. The van der Waals surface area contributed by atoms with E-state index in [-0.39, 0.29) is 18.3 Å². The zero-order valence-electron chi connectivity index (χ0n) is 12.2. The third-order valence-electron chi connectivity index (χ3n) is 3.68. The zero-order valence-corrected chi connectivity index (χ0v) is 14.5. The normalized spacial score (nSPS) is 22.5. The predicted octanol–water partition coefficient (Wildman–Crippen LogP) is 3.06. The molecule has 2 rings (SSSR count). The van der Waals surface area contributed by atoms with Crippen molar-refractivity contribution >= 4 is 34.0 Å². The van der Waals surface area contributed by atoms with Crippen LogP contribution in [0.5, 0.6) is 0 Å². The minimum Gasteiger partial charge on any atom is -0.315 e. The lowest BCUT2D eigenvalue weighted by molar-refractivity contribution is -0.139. The molecule has 10 heteroatoms. The first-order chi connectivity index (χ1) is 10.1. The largest absolute Gasteiger partial charge is 0.417 e. The van der Waals surface area contributed by atoms with Crippen molar-refractivity contribution in [2.45, 2.75) is 30.5 Å². The Hall–Kier alpha value is -0.540. The summed E-state index contributed by atoms with van der Waals surface area (Å²) in [6.07, 6.45) is -4.06. The van der Waals surface area contributed by atoms with Crippen molar-refractivity contribution in [3.8, 4) is 0 Å². The van der Waals surface area contributed by atoms with E-state index in [4.69, 9.17) is 11.6 Å². The van der Waals surface area contributed by atoms with Crippen LogP contribution < -0.4 is 10.0 Å². The van der Waals surface area contributed by atoms with Crippen molar-refractivity contribution in [1.29, 1.82) is 0 Å². The van der Waals surface area contributed by atoms with Crippen LogP contribution in [-0.4, -0.2) is 27.5 Å². The van der Waals surface area contributed by atoms with Gasteiger partial charge in [0.1, 0.15) is 4.90 Å².